The second kappa shape index (κ2) is 5.87. The van der Waals surface area contributed by atoms with E-state index in [1.807, 2.05) is 18.7 Å². The van der Waals surface area contributed by atoms with Crippen LogP contribution in [0.5, 0.6) is 0 Å². The summed E-state index contributed by atoms with van der Waals surface area (Å²) in [6, 6.07) is 6.42. The summed E-state index contributed by atoms with van der Waals surface area (Å²) in [5, 5.41) is 7.87. The van der Waals surface area contributed by atoms with Crippen LogP contribution in [0.1, 0.15) is 17.0 Å². The Morgan fingerprint density at radius 1 is 1.30 bits per heavy atom. The largest absolute Gasteiger partial charge is 0.379 e. The summed E-state index contributed by atoms with van der Waals surface area (Å²) < 4.78 is 2.99. The van der Waals surface area contributed by atoms with Crippen LogP contribution in [-0.4, -0.2) is 23.9 Å². The monoisotopic (exact) mass is 336 g/mol. The summed E-state index contributed by atoms with van der Waals surface area (Å²) in [6.07, 6.45) is 0. The number of aryl methyl sites for hydroxylation is 3. The van der Waals surface area contributed by atoms with Crippen LogP contribution in [0.15, 0.2) is 22.7 Å². The topological polar surface area (TPSA) is 33.1 Å². The van der Waals surface area contributed by atoms with E-state index in [1.165, 1.54) is 11.3 Å². The number of hydrogen-bond donors (Lipinski definition) is 1. The summed E-state index contributed by atoms with van der Waals surface area (Å²) in [6.45, 7) is 4.87. The van der Waals surface area contributed by atoms with Crippen LogP contribution in [0.2, 0.25) is 0 Å². The third kappa shape index (κ3) is 2.98. The van der Waals surface area contributed by atoms with E-state index in [-0.39, 0.29) is 0 Å². The second-order valence-electron chi connectivity index (χ2n) is 5.22. The number of nitrogens with zero attached hydrogens (tertiary/aromatic N) is 3. The van der Waals surface area contributed by atoms with Crippen molar-refractivity contribution in [3.8, 4) is 0 Å². The third-order valence-electron chi connectivity index (χ3n) is 3.41. The molecule has 1 N–H and O–H groups in total. The average Bonchev–Trinajstić information content (AvgIpc) is 2.62. The van der Waals surface area contributed by atoms with Crippen LogP contribution < -0.4 is 10.2 Å². The van der Waals surface area contributed by atoms with Crippen molar-refractivity contribution in [2.75, 3.05) is 24.3 Å². The van der Waals surface area contributed by atoms with Crippen molar-refractivity contribution in [2.24, 2.45) is 7.05 Å². The molecule has 5 heteroatoms. The molecule has 0 unspecified atom stereocenters. The molecule has 0 aliphatic heterocycles. The molecule has 0 amide bonds. The van der Waals surface area contributed by atoms with Crippen molar-refractivity contribution >= 4 is 27.3 Å². The molecule has 2 rings (SSSR count). The van der Waals surface area contributed by atoms with Gasteiger partial charge in [-0.3, -0.25) is 4.68 Å². The highest BCUT2D eigenvalue weighted by atomic mass is 79.9. The Morgan fingerprint density at radius 2 is 2.00 bits per heavy atom. The van der Waals surface area contributed by atoms with Crippen LogP contribution in [-0.2, 0) is 13.6 Å². The maximum Gasteiger partial charge on any atom is 0.0739 e. The molecule has 0 aliphatic carbocycles. The van der Waals surface area contributed by atoms with E-state index in [0.717, 1.165) is 28.1 Å². The van der Waals surface area contributed by atoms with Crippen molar-refractivity contribution in [3.05, 3.63) is 39.6 Å². The minimum atomic E-state index is 0.744. The molecule has 0 aliphatic rings. The SMILES string of the molecule is Cc1ccc(NCc2c(Br)c(C)nn2C)cc1N(C)C. The Hall–Kier alpha value is -1.49. The van der Waals surface area contributed by atoms with E-state index in [4.69, 9.17) is 0 Å². The number of anilines is 2. The van der Waals surface area contributed by atoms with Gasteiger partial charge in [0, 0.05) is 32.5 Å². The van der Waals surface area contributed by atoms with Gasteiger partial charge in [0.05, 0.1) is 22.4 Å². The predicted octanol–water partition coefficient (Wildman–Crippen LogP) is 3.48. The van der Waals surface area contributed by atoms with Crippen LogP contribution in [0.25, 0.3) is 0 Å². The second-order valence-corrected chi connectivity index (χ2v) is 6.01. The van der Waals surface area contributed by atoms with E-state index in [9.17, 15) is 0 Å². The molecular formula is C15H21BrN4. The van der Waals surface area contributed by atoms with Gasteiger partial charge in [0.15, 0.2) is 0 Å². The third-order valence-corrected chi connectivity index (χ3v) is 4.44. The first-order valence-corrected chi connectivity index (χ1v) is 7.39. The standard InChI is InChI=1S/C15H21BrN4/c1-10-6-7-12(8-13(10)19(3)4)17-9-14-15(16)11(2)18-20(14)5/h6-8,17H,9H2,1-5H3. The van der Waals surface area contributed by atoms with Crippen molar-refractivity contribution in [1.82, 2.24) is 9.78 Å². The van der Waals surface area contributed by atoms with E-state index >= 15 is 0 Å². The highest BCUT2D eigenvalue weighted by Crippen LogP contribution is 2.25. The van der Waals surface area contributed by atoms with Gasteiger partial charge in [0.1, 0.15) is 0 Å². The van der Waals surface area contributed by atoms with Gasteiger partial charge in [-0.2, -0.15) is 5.10 Å². The molecule has 0 radical (unpaired) electrons. The maximum atomic E-state index is 4.40. The minimum absolute atomic E-state index is 0.744. The van der Waals surface area contributed by atoms with E-state index < -0.39 is 0 Å². The molecule has 2 aromatic rings. The fourth-order valence-electron chi connectivity index (χ4n) is 2.26. The lowest BCUT2D eigenvalue weighted by atomic mass is 10.1. The smallest absolute Gasteiger partial charge is 0.0739 e. The van der Waals surface area contributed by atoms with Crippen molar-refractivity contribution in [2.45, 2.75) is 20.4 Å². The lowest BCUT2D eigenvalue weighted by Gasteiger charge is -2.17. The van der Waals surface area contributed by atoms with Gasteiger partial charge in [-0.05, 0) is 47.5 Å². The van der Waals surface area contributed by atoms with Crippen LogP contribution in [0.3, 0.4) is 0 Å². The van der Waals surface area contributed by atoms with Crippen molar-refractivity contribution < 1.29 is 0 Å². The highest BCUT2D eigenvalue weighted by molar-refractivity contribution is 9.10. The molecule has 1 heterocycles. The summed E-state index contributed by atoms with van der Waals surface area (Å²) in [4.78, 5) is 2.13. The van der Waals surface area contributed by atoms with E-state index in [2.05, 4.69) is 70.5 Å². The first-order chi connectivity index (χ1) is 9.40. The molecule has 0 spiro atoms. The zero-order valence-corrected chi connectivity index (χ0v) is 14.2. The lowest BCUT2D eigenvalue weighted by Crippen LogP contribution is -2.11. The molecule has 4 nitrogen and oxygen atoms in total. The summed E-state index contributed by atoms with van der Waals surface area (Å²) in [7, 11) is 6.09. The zero-order valence-electron chi connectivity index (χ0n) is 12.7. The van der Waals surface area contributed by atoms with Gasteiger partial charge < -0.3 is 10.2 Å². The Kier molecular flexibility index (Phi) is 4.38. The van der Waals surface area contributed by atoms with Crippen LogP contribution >= 0.6 is 15.9 Å². The fourth-order valence-corrected chi connectivity index (χ4v) is 2.74. The Labute approximate surface area is 128 Å². The summed E-state index contributed by atoms with van der Waals surface area (Å²) in [5.74, 6) is 0. The van der Waals surface area contributed by atoms with Crippen LogP contribution in [0.4, 0.5) is 11.4 Å². The molecule has 0 saturated carbocycles. The number of benzene rings is 1. The quantitative estimate of drug-likeness (QED) is 0.927. The number of rotatable bonds is 4. The minimum Gasteiger partial charge on any atom is -0.379 e. The highest BCUT2D eigenvalue weighted by Gasteiger charge is 2.10. The van der Waals surface area contributed by atoms with Gasteiger partial charge in [-0.1, -0.05) is 6.07 Å². The van der Waals surface area contributed by atoms with Gasteiger partial charge in [0.2, 0.25) is 0 Å². The number of halogens is 1. The molecule has 1 aromatic carbocycles. The Bertz CT molecular complexity index is 617. The van der Waals surface area contributed by atoms with Crippen molar-refractivity contribution in [3.63, 3.8) is 0 Å². The van der Waals surface area contributed by atoms with Gasteiger partial charge in [-0.25, -0.2) is 0 Å². The summed E-state index contributed by atoms with van der Waals surface area (Å²) in [5.41, 5.74) is 5.79. The van der Waals surface area contributed by atoms with E-state index in [0.29, 0.717) is 0 Å². The molecule has 0 atom stereocenters. The molecule has 108 valence electrons. The summed E-state index contributed by atoms with van der Waals surface area (Å²) >= 11 is 3.59. The molecule has 0 saturated heterocycles. The lowest BCUT2D eigenvalue weighted by molar-refractivity contribution is 0.712. The predicted molar refractivity (Wildman–Crippen MR) is 88.5 cm³/mol. The molecule has 20 heavy (non-hydrogen) atoms. The maximum absolute atomic E-state index is 4.40. The number of aromatic nitrogens is 2. The Balaban J connectivity index is 2.17. The van der Waals surface area contributed by atoms with Gasteiger partial charge in [0.25, 0.3) is 0 Å². The Morgan fingerprint density at radius 3 is 2.55 bits per heavy atom. The molecular weight excluding hydrogens is 316 g/mol. The first-order valence-electron chi connectivity index (χ1n) is 6.60. The number of hydrogen-bond acceptors (Lipinski definition) is 3. The van der Waals surface area contributed by atoms with E-state index in [1.54, 1.807) is 0 Å². The molecule has 0 bridgehead atoms. The van der Waals surface area contributed by atoms with Gasteiger partial charge >= 0.3 is 0 Å². The normalized spacial score (nSPS) is 10.7. The molecule has 0 fully saturated rings. The average molecular weight is 337 g/mol. The fraction of sp³-hybridized carbons (Fsp3) is 0.400. The number of nitrogens with one attached hydrogen (secondary N) is 1. The van der Waals surface area contributed by atoms with Crippen LogP contribution in [0, 0.1) is 13.8 Å². The zero-order chi connectivity index (χ0) is 14.9. The van der Waals surface area contributed by atoms with Gasteiger partial charge in [-0.15, -0.1) is 0 Å². The first kappa shape index (κ1) is 14.9. The molecule has 1 aromatic heterocycles. The van der Waals surface area contributed by atoms with Crippen molar-refractivity contribution in [1.29, 1.82) is 0 Å².